The van der Waals surface area contributed by atoms with Crippen molar-refractivity contribution < 1.29 is 13.2 Å². The second-order valence-electron chi connectivity index (χ2n) is 7.65. The minimum absolute atomic E-state index is 0.0988. The maximum absolute atomic E-state index is 12.5. The summed E-state index contributed by atoms with van der Waals surface area (Å²) in [5.74, 6) is -0.163. The van der Waals surface area contributed by atoms with Crippen LogP contribution < -0.4 is 10.0 Å². The number of amides is 1. The first-order chi connectivity index (χ1) is 13.9. The third-order valence-electron chi connectivity index (χ3n) is 5.45. The molecule has 2 aromatic carbocycles. The van der Waals surface area contributed by atoms with Crippen LogP contribution >= 0.6 is 11.6 Å². The van der Waals surface area contributed by atoms with E-state index in [2.05, 4.69) is 14.9 Å². The molecule has 154 valence electrons. The molecule has 1 amide bonds. The highest BCUT2D eigenvalue weighted by molar-refractivity contribution is 7.92. The van der Waals surface area contributed by atoms with Gasteiger partial charge in [0, 0.05) is 41.4 Å². The Morgan fingerprint density at radius 2 is 1.55 bits per heavy atom. The van der Waals surface area contributed by atoms with E-state index in [-0.39, 0.29) is 16.8 Å². The molecule has 1 aliphatic heterocycles. The first-order valence-electron chi connectivity index (χ1n) is 9.84. The minimum Gasteiger partial charge on any atom is -0.349 e. The van der Waals surface area contributed by atoms with Crippen LogP contribution in [0.2, 0.25) is 5.02 Å². The van der Waals surface area contributed by atoms with Gasteiger partial charge >= 0.3 is 0 Å². The van der Waals surface area contributed by atoms with Gasteiger partial charge in [0.05, 0.1) is 4.90 Å². The van der Waals surface area contributed by atoms with Crippen LogP contribution in [0, 0.1) is 0 Å². The van der Waals surface area contributed by atoms with E-state index in [9.17, 15) is 13.2 Å². The summed E-state index contributed by atoms with van der Waals surface area (Å²) in [6, 6.07) is 13.3. The molecule has 0 radical (unpaired) electrons. The number of halogens is 1. The Morgan fingerprint density at radius 3 is 2.14 bits per heavy atom. The fraction of sp³-hybridized carbons (Fsp3) is 0.381. The van der Waals surface area contributed by atoms with Crippen LogP contribution in [0.3, 0.4) is 0 Å². The Balaban J connectivity index is 1.35. The van der Waals surface area contributed by atoms with Crippen molar-refractivity contribution in [1.29, 1.82) is 0 Å². The van der Waals surface area contributed by atoms with Crippen molar-refractivity contribution in [2.45, 2.75) is 42.7 Å². The SMILES string of the molecule is O=C(NC1CCN(C2CC2)CC1)c1ccc(S(=O)(=O)Nc2ccc(Cl)cc2)cc1. The van der Waals surface area contributed by atoms with Crippen LogP contribution in [0.5, 0.6) is 0 Å². The number of nitrogens with zero attached hydrogens (tertiary/aromatic N) is 1. The Kier molecular flexibility index (Phi) is 5.81. The number of anilines is 1. The Bertz CT molecular complexity index is 965. The molecule has 8 heteroatoms. The normalized spacial score (nSPS) is 18.4. The van der Waals surface area contributed by atoms with Crippen molar-refractivity contribution in [3.05, 3.63) is 59.1 Å². The Morgan fingerprint density at radius 1 is 0.931 bits per heavy atom. The number of benzene rings is 2. The van der Waals surface area contributed by atoms with Gasteiger partial charge in [-0.05, 0) is 74.2 Å². The molecule has 1 saturated heterocycles. The quantitative estimate of drug-likeness (QED) is 0.730. The lowest BCUT2D eigenvalue weighted by Gasteiger charge is -2.32. The van der Waals surface area contributed by atoms with E-state index in [1.54, 1.807) is 36.4 Å². The van der Waals surface area contributed by atoms with Crippen molar-refractivity contribution in [1.82, 2.24) is 10.2 Å². The van der Waals surface area contributed by atoms with Gasteiger partial charge in [0.2, 0.25) is 0 Å². The average Bonchev–Trinajstić information content (AvgIpc) is 3.56. The lowest BCUT2D eigenvalue weighted by atomic mass is 10.0. The maximum atomic E-state index is 12.5. The van der Waals surface area contributed by atoms with Crippen molar-refractivity contribution in [3.8, 4) is 0 Å². The van der Waals surface area contributed by atoms with Crippen molar-refractivity contribution in [2.75, 3.05) is 17.8 Å². The fourth-order valence-corrected chi connectivity index (χ4v) is 4.82. The predicted molar refractivity (Wildman–Crippen MR) is 114 cm³/mol. The molecule has 0 bridgehead atoms. The second kappa shape index (κ2) is 8.34. The zero-order valence-electron chi connectivity index (χ0n) is 16.0. The summed E-state index contributed by atoms with van der Waals surface area (Å²) >= 11 is 5.82. The average molecular weight is 434 g/mol. The highest BCUT2D eigenvalue weighted by Gasteiger charge is 2.32. The van der Waals surface area contributed by atoms with Crippen LogP contribution in [0.1, 0.15) is 36.0 Å². The third kappa shape index (κ3) is 5.10. The zero-order valence-corrected chi connectivity index (χ0v) is 17.5. The summed E-state index contributed by atoms with van der Waals surface area (Å²) in [5.41, 5.74) is 0.883. The summed E-state index contributed by atoms with van der Waals surface area (Å²) in [4.78, 5) is 15.1. The number of piperidine rings is 1. The van der Waals surface area contributed by atoms with E-state index in [4.69, 9.17) is 11.6 Å². The number of sulfonamides is 1. The molecule has 0 aromatic heterocycles. The smallest absolute Gasteiger partial charge is 0.261 e. The molecule has 0 spiro atoms. The van der Waals surface area contributed by atoms with Gasteiger partial charge in [0.1, 0.15) is 0 Å². The molecule has 2 aliphatic rings. The molecule has 2 fully saturated rings. The summed E-state index contributed by atoms with van der Waals surface area (Å²) in [5, 5.41) is 3.60. The number of rotatable bonds is 6. The van der Waals surface area contributed by atoms with Gasteiger partial charge in [0.25, 0.3) is 15.9 Å². The van der Waals surface area contributed by atoms with E-state index in [0.717, 1.165) is 32.0 Å². The molecule has 2 aromatic rings. The van der Waals surface area contributed by atoms with Gasteiger partial charge < -0.3 is 10.2 Å². The lowest BCUT2D eigenvalue weighted by Crippen LogP contribution is -2.45. The predicted octanol–water partition coefficient (Wildman–Crippen LogP) is 3.50. The van der Waals surface area contributed by atoms with Crippen LogP contribution in [0.25, 0.3) is 0 Å². The highest BCUT2D eigenvalue weighted by Crippen LogP contribution is 2.29. The van der Waals surface area contributed by atoms with Crippen LogP contribution in [0.4, 0.5) is 5.69 Å². The first-order valence-corrected chi connectivity index (χ1v) is 11.7. The first kappa shape index (κ1) is 20.2. The topological polar surface area (TPSA) is 78.5 Å². The van der Waals surface area contributed by atoms with Gasteiger partial charge in [-0.1, -0.05) is 11.6 Å². The van der Waals surface area contributed by atoms with Gasteiger partial charge in [-0.2, -0.15) is 0 Å². The van der Waals surface area contributed by atoms with E-state index in [0.29, 0.717) is 16.3 Å². The standard InChI is InChI=1S/C21H24ClN3O3S/c22-16-3-5-18(6-4-16)24-29(27,28)20-9-1-15(2-10-20)21(26)23-17-11-13-25(14-12-17)19-7-8-19/h1-6,9-10,17,19,24H,7-8,11-14H2,(H,23,26). The van der Waals surface area contributed by atoms with Crippen LogP contribution in [-0.2, 0) is 10.0 Å². The summed E-state index contributed by atoms with van der Waals surface area (Å²) < 4.78 is 27.6. The number of carbonyl (C=O) groups excluding carboxylic acids is 1. The molecule has 1 saturated carbocycles. The Hall–Kier alpha value is -2.09. The highest BCUT2D eigenvalue weighted by atomic mass is 35.5. The molecule has 29 heavy (non-hydrogen) atoms. The lowest BCUT2D eigenvalue weighted by molar-refractivity contribution is 0.0909. The van der Waals surface area contributed by atoms with E-state index in [1.807, 2.05) is 0 Å². The minimum atomic E-state index is -3.73. The van der Waals surface area contributed by atoms with E-state index in [1.165, 1.54) is 25.0 Å². The maximum Gasteiger partial charge on any atom is 0.261 e. The largest absolute Gasteiger partial charge is 0.349 e. The van der Waals surface area contributed by atoms with Crippen molar-refractivity contribution >= 4 is 33.2 Å². The molecule has 1 heterocycles. The molecular weight excluding hydrogens is 410 g/mol. The van der Waals surface area contributed by atoms with Gasteiger partial charge in [-0.3, -0.25) is 9.52 Å². The molecule has 1 aliphatic carbocycles. The van der Waals surface area contributed by atoms with Crippen molar-refractivity contribution in [2.24, 2.45) is 0 Å². The Labute approximate surface area is 176 Å². The number of carbonyl (C=O) groups is 1. The number of hydrogen-bond donors (Lipinski definition) is 2. The molecule has 6 nitrogen and oxygen atoms in total. The van der Waals surface area contributed by atoms with Crippen LogP contribution in [-0.4, -0.2) is 44.4 Å². The van der Waals surface area contributed by atoms with E-state index >= 15 is 0 Å². The molecule has 4 rings (SSSR count). The molecule has 0 atom stereocenters. The number of likely N-dealkylation sites (tertiary alicyclic amines) is 1. The molecular formula is C21H24ClN3O3S. The van der Waals surface area contributed by atoms with Gasteiger partial charge in [0.15, 0.2) is 0 Å². The summed E-state index contributed by atoms with van der Waals surface area (Å²) in [6.45, 7) is 2.06. The molecule has 0 unspecified atom stereocenters. The number of hydrogen-bond acceptors (Lipinski definition) is 4. The number of nitrogens with one attached hydrogen (secondary N) is 2. The second-order valence-corrected chi connectivity index (χ2v) is 9.77. The van der Waals surface area contributed by atoms with Crippen molar-refractivity contribution in [3.63, 3.8) is 0 Å². The van der Waals surface area contributed by atoms with Gasteiger partial charge in [-0.25, -0.2) is 8.42 Å². The zero-order chi connectivity index (χ0) is 20.4. The third-order valence-corrected chi connectivity index (χ3v) is 7.10. The summed E-state index contributed by atoms with van der Waals surface area (Å²) in [7, 11) is -3.73. The summed E-state index contributed by atoms with van der Waals surface area (Å²) in [6.07, 6.45) is 4.53. The molecule has 2 N–H and O–H groups in total. The van der Waals surface area contributed by atoms with Gasteiger partial charge in [-0.15, -0.1) is 0 Å². The van der Waals surface area contributed by atoms with E-state index < -0.39 is 10.0 Å². The van der Waals surface area contributed by atoms with Crippen LogP contribution in [0.15, 0.2) is 53.4 Å². The fourth-order valence-electron chi connectivity index (χ4n) is 3.63. The monoisotopic (exact) mass is 433 g/mol.